The molecule has 1 unspecified atom stereocenters. The van der Waals surface area contributed by atoms with Crippen molar-refractivity contribution < 1.29 is 4.74 Å². The zero-order valence-electron chi connectivity index (χ0n) is 11.9. The van der Waals surface area contributed by atoms with Crippen LogP contribution in [-0.4, -0.2) is 18.5 Å². The molecule has 1 saturated carbocycles. The van der Waals surface area contributed by atoms with Crippen molar-refractivity contribution in [2.24, 2.45) is 11.3 Å². The van der Waals surface area contributed by atoms with E-state index in [1.54, 1.807) is 0 Å². The molecule has 2 heteroatoms. The second-order valence-corrected chi connectivity index (χ2v) is 6.64. The average Bonchev–Trinajstić information content (AvgIpc) is 2.52. The minimum absolute atomic E-state index is 0.366. The van der Waals surface area contributed by atoms with E-state index < -0.39 is 0 Å². The SMILES string of the molecule is CC(C)CC(C)OCC1(CS)CCCCCC1. The Morgan fingerprint density at radius 3 is 2.12 bits per heavy atom. The summed E-state index contributed by atoms with van der Waals surface area (Å²) in [5.74, 6) is 1.72. The Balaban J connectivity index is 2.39. The van der Waals surface area contributed by atoms with Crippen LogP contribution in [0.4, 0.5) is 0 Å². The van der Waals surface area contributed by atoms with Gasteiger partial charge < -0.3 is 4.74 Å². The smallest absolute Gasteiger partial charge is 0.0549 e. The minimum Gasteiger partial charge on any atom is -0.378 e. The molecule has 0 aromatic rings. The number of hydrogen-bond donors (Lipinski definition) is 1. The molecule has 0 bridgehead atoms. The highest BCUT2D eigenvalue weighted by molar-refractivity contribution is 7.80. The lowest BCUT2D eigenvalue weighted by Gasteiger charge is -2.32. The van der Waals surface area contributed by atoms with Crippen LogP contribution in [0.15, 0.2) is 0 Å². The quantitative estimate of drug-likeness (QED) is 0.536. The molecule has 0 aromatic heterocycles. The van der Waals surface area contributed by atoms with Crippen LogP contribution >= 0.6 is 12.6 Å². The van der Waals surface area contributed by atoms with E-state index in [1.807, 2.05) is 0 Å². The fourth-order valence-electron chi connectivity index (χ4n) is 2.88. The number of hydrogen-bond acceptors (Lipinski definition) is 2. The first-order valence-electron chi connectivity index (χ1n) is 7.30. The third kappa shape index (κ3) is 5.65. The summed E-state index contributed by atoms with van der Waals surface area (Å²) in [5, 5.41) is 0. The van der Waals surface area contributed by atoms with Gasteiger partial charge in [-0.15, -0.1) is 0 Å². The minimum atomic E-state index is 0.366. The molecule has 1 rings (SSSR count). The lowest BCUT2D eigenvalue weighted by atomic mass is 9.83. The van der Waals surface area contributed by atoms with Gasteiger partial charge in [-0.2, -0.15) is 12.6 Å². The lowest BCUT2D eigenvalue weighted by molar-refractivity contribution is -0.00708. The van der Waals surface area contributed by atoms with Gasteiger partial charge in [0.25, 0.3) is 0 Å². The Bertz CT molecular complexity index is 195. The molecule has 1 nitrogen and oxygen atoms in total. The van der Waals surface area contributed by atoms with E-state index in [0.29, 0.717) is 11.5 Å². The van der Waals surface area contributed by atoms with Gasteiger partial charge in [-0.3, -0.25) is 0 Å². The summed E-state index contributed by atoms with van der Waals surface area (Å²) >= 11 is 4.59. The Morgan fingerprint density at radius 2 is 1.65 bits per heavy atom. The van der Waals surface area contributed by atoms with Gasteiger partial charge in [0.2, 0.25) is 0 Å². The molecule has 0 N–H and O–H groups in total. The molecule has 1 fully saturated rings. The first-order valence-corrected chi connectivity index (χ1v) is 7.94. The second-order valence-electron chi connectivity index (χ2n) is 6.32. The highest BCUT2D eigenvalue weighted by atomic mass is 32.1. The molecule has 1 aliphatic carbocycles. The van der Waals surface area contributed by atoms with Gasteiger partial charge in [0.15, 0.2) is 0 Å². The van der Waals surface area contributed by atoms with Crippen LogP contribution in [0.2, 0.25) is 0 Å². The molecule has 0 spiro atoms. The Labute approximate surface area is 113 Å². The standard InChI is InChI=1S/C15H30OS/c1-13(2)10-14(3)16-11-15(12-17)8-6-4-5-7-9-15/h13-14,17H,4-12H2,1-3H3. The van der Waals surface area contributed by atoms with Gasteiger partial charge in [0.1, 0.15) is 0 Å². The third-order valence-corrected chi connectivity index (χ3v) is 4.65. The van der Waals surface area contributed by atoms with Gasteiger partial charge >= 0.3 is 0 Å². The molecule has 17 heavy (non-hydrogen) atoms. The molecule has 0 heterocycles. The fraction of sp³-hybridized carbons (Fsp3) is 1.00. The van der Waals surface area contributed by atoms with Gasteiger partial charge in [-0.1, -0.05) is 39.5 Å². The second kappa shape index (κ2) is 7.68. The summed E-state index contributed by atoms with van der Waals surface area (Å²) < 4.78 is 6.09. The molecule has 102 valence electrons. The van der Waals surface area contributed by atoms with Gasteiger partial charge in [0, 0.05) is 5.41 Å². The predicted octanol–water partition coefficient (Wildman–Crippen LogP) is 4.71. The number of ether oxygens (including phenoxy) is 1. The Morgan fingerprint density at radius 1 is 1.06 bits per heavy atom. The van der Waals surface area contributed by atoms with Gasteiger partial charge in [-0.05, 0) is 37.9 Å². The van der Waals surface area contributed by atoms with Crippen molar-refractivity contribution in [1.82, 2.24) is 0 Å². The van der Waals surface area contributed by atoms with E-state index in [4.69, 9.17) is 4.74 Å². The van der Waals surface area contributed by atoms with Crippen LogP contribution in [-0.2, 0) is 4.74 Å². The van der Waals surface area contributed by atoms with E-state index in [0.717, 1.165) is 18.3 Å². The van der Waals surface area contributed by atoms with Gasteiger partial charge in [-0.25, -0.2) is 0 Å². The third-order valence-electron chi connectivity index (χ3n) is 3.98. The summed E-state index contributed by atoms with van der Waals surface area (Å²) in [6.45, 7) is 7.66. The monoisotopic (exact) mass is 258 g/mol. The molecule has 1 aliphatic rings. The van der Waals surface area contributed by atoms with Crippen molar-refractivity contribution >= 4 is 12.6 Å². The van der Waals surface area contributed by atoms with Crippen LogP contribution in [0.25, 0.3) is 0 Å². The Kier molecular flexibility index (Phi) is 6.94. The topological polar surface area (TPSA) is 9.23 Å². The van der Waals surface area contributed by atoms with Crippen LogP contribution in [0, 0.1) is 11.3 Å². The molecular formula is C15H30OS. The molecule has 0 aromatic carbocycles. The largest absolute Gasteiger partial charge is 0.378 e. The first kappa shape index (κ1) is 15.4. The maximum Gasteiger partial charge on any atom is 0.0549 e. The van der Waals surface area contributed by atoms with Crippen molar-refractivity contribution in [1.29, 1.82) is 0 Å². The molecule has 0 saturated heterocycles. The summed E-state index contributed by atoms with van der Waals surface area (Å²) in [6, 6.07) is 0. The zero-order chi connectivity index (χ0) is 12.7. The zero-order valence-corrected chi connectivity index (χ0v) is 12.8. The summed E-state index contributed by atoms with van der Waals surface area (Å²) in [7, 11) is 0. The van der Waals surface area contributed by atoms with Crippen molar-refractivity contribution in [2.45, 2.75) is 71.8 Å². The van der Waals surface area contributed by atoms with E-state index in [1.165, 1.54) is 44.9 Å². The van der Waals surface area contributed by atoms with Crippen LogP contribution in [0.3, 0.4) is 0 Å². The van der Waals surface area contributed by atoms with Crippen LogP contribution in [0.5, 0.6) is 0 Å². The average molecular weight is 258 g/mol. The molecular weight excluding hydrogens is 228 g/mol. The highest BCUT2D eigenvalue weighted by Crippen LogP contribution is 2.36. The van der Waals surface area contributed by atoms with E-state index in [9.17, 15) is 0 Å². The predicted molar refractivity (Wildman–Crippen MR) is 78.9 cm³/mol. The summed E-state index contributed by atoms with van der Waals surface area (Å²) in [5.41, 5.74) is 0.366. The van der Waals surface area contributed by atoms with Crippen LogP contribution < -0.4 is 0 Å². The van der Waals surface area contributed by atoms with Crippen molar-refractivity contribution in [3.63, 3.8) is 0 Å². The fourth-order valence-corrected chi connectivity index (χ4v) is 3.29. The number of rotatable bonds is 6. The molecule has 0 aliphatic heterocycles. The number of thiol groups is 1. The van der Waals surface area contributed by atoms with Crippen molar-refractivity contribution in [3.05, 3.63) is 0 Å². The summed E-state index contributed by atoms with van der Waals surface area (Å²) in [6.07, 6.45) is 9.72. The normalized spacial score (nSPS) is 22.4. The van der Waals surface area contributed by atoms with E-state index in [-0.39, 0.29) is 0 Å². The maximum absolute atomic E-state index is 6.09. The Hall–Kier alpha value is 0.310. The summed E-state index contributed by atoms with van der Waals surface area (Å²) in [4.78, 5) is 0. The van der Waals surface area contributed by atoms with E-state index >= 15 is 0 Å². The molecule has 0 amide bonds. The molecule has 1 atom stereocenters. The van der Waals surface area contributed by atoms with Crippen molar-refractivity contribution in [2.75, 3.05) is 12.4 Å². The highest BCUT2D eigenvalue weighted by Gasteiger charge is 2.30. The van der Waals surface area contributed by atoms with Crippen molar-refractivity contribution in [3.8, 4) is 0 Å². The van der Waals surface area contributed by atoms with Crippen LogP contribution in [0.1, 0.15) is 65.7 Å². The van der Waals surface area contributed by atoms with Gasteiger partial charge in [0.05, 0.1) is 12.7 Å². The maximum atomic E-state index is 6.09. The van der Waals surface area contributed by atoms with E-state index in [2.05, 4.69) is 33.4 Å². The first-order chi connectivity index (χ1) is 8.08. The lowest BCUT2D eigenvalue weighted by Crippen LogP contribution is -2.30. The molecule has 0 radical (unpaired) electrons.